The molecule has 0 spiro atoms. The molecule has 0 radical (unpaired) electrons. The van der Waals surface area contributed by atoms with Gasteiger partial charge in [-0.15, -0.1) is 0 Å². The predicted octanol–water partition coefficient (Wildman–Crippen LogP) is 1.83. The molecule has 0 aromatic heterocycles. The van der Waals surface area contributed by atoms with Crippen LogP contribution in [0.15, 0.2) is 24.3 Å². The molecular formula is C16H27N3O2. The van der Waals surface area contributed by atoms with E-state index in [2.05, 4.69) is 24.1 Å². The molecule has 118 valence electrons. The van der Waals surface area contributed by atoms with Crippen LogP contribution in [0.3, 0.4) is 0 Å². The molecule has 0 aliphatic carbocycles. The van der Waals surface area contributed by atoms with Crippen molar-refractivity contribution in [3.63, 3.8) is 0 Å². The van der Waals surface area contributed by atoms with E-state index in [0.717, 1.165) is 24.3 Å². The second-order valence-electron chi connectivity index (χ2n) is 5.33. The zero-order valence-corrected chi connectivity index (χ0v) is 13.3. The van der Waals surface area contributed by atoms with Gasteiger partial charge >= 0.3 is 0 Å². The molecule has 21 heavy (non-hydrogen) atoms. The molecule has 3 N–H and O–H groups in total. The number of ether oxygens (including phenoxy) is 1. The average Bonchev–Trinajstić information content (AvgIpc) is 2.47. The number of nitrogens with one attached hydrogen (secondary N) is 1. The lowest BCUT2D eigenvalue weighted by atomic mass is 10.2. The fourth-order valence-electron chi connectivity index (χ4n) is 2.08. The van der Waals surface area contributed by atoms with E-state index in [1.165, 1.54) is 0 Å². The van der Waals surface area contributed by atoms with E-state index in [1.54, 1.807) is 7.11 Å². The molecule has 0 unspecified atom stereocenters. The van der Waals surface area contributed by atoms with Crippen LogP contribution in [0.5, 0.6) is 0 Å². The second kappa shape index (κ2) is 9.50. The van der Waals surface area contributed by atoms with Gasteiger partial charge in [0.05, 0.1) is 6.61 Å². The number of amides is 1. The molecule has 0 aliphatic rings. The van der Waals surface area contributed by atoms with Crippen LogP contribution in [0.1, 0.15) is 25.8 Å². The standard InChI is InChI=1S/C16H27N3O2/c1-13(2)19(9-10-21-3)8-7-16(20)18-15-6-4-5-14(11-15)12-17/h4-6,11,13H,7-10,12,17H2,1-3H3,(H,18,20). The normalized spacial score (nSPS) is 11.1. The zero-order valence-electron chi connectivity index (χ0n) is 13.3. The maximum atomic E-state index is 12.0. The number of nitrogens with two attached hydrogens (primary N) is 1. The fraction of sp³-hybridized carbons (Fsp3) is 0.562. The fourth-order valence-corrected chi connectivity index (χ4v) is 2.08. The Kier molecular flexibility index (Phi) is 7.97. The summed E-state index contributed by atoms with van der Waals surface area (Å²) in [6, 6.07) is 8.02. The third kappa shape index (κ3) is 6.71. The topological polar surface area (TPSA) is 67.6 Å². The minimum absolute atomic E-state index is 0.0206. The molecule has 0 heterocycles. The van der Waals surface area contributed by atoms with Crippen LogP contribution < -0.4 is 11.1 Å². The van der Waals surface area contributed by atoms with Gasteiger partial charge in [-0.25, -0.2) is 0 Å². The number of carbonyl (C=O) groups is 1. The summed E-state index contributed by atoms with van der Waals surface area (Å²) in [4.78, 5) is 14.2. The van der Waals surface area contributed by atoms with Gasteiger partial charge < -0.3 is 15.8 Å². The SMILES string of the molecule is COCCN(CCC(=O)Nc1cccc(CN)c1)C(C)C. The van der Waals surface area contributed by atoms with Crippen LogP contribution >= 0.6 is 0 Å². The molecule has 5 nitrogen and oxygen atoms in total. The van der Waals surface area contributed by atoms with Crippen molar-refractivity contribution in [3.05, 3.63) is 29.8 Å². The summed E-state index contributed by atoms with van der Waals surface area (Å²) in [6.07, 6.45) is 0.467. The third-order valence-electron chi connectivity index (χ3n) is 3.39. The molecular weight excluding hydrogens is 266 g/mol. The van der Waals surface area contributed by atoms with Crippen molar-refractivity contribution >= 4 is 11.6 Å². The molecule has 1 rings (SSSR count). The van der Waals surface area contributed by atoms with Crippen molar-refractivity contribution in [2.24, 2.45) is 5.73 Å². The molecule has 1 aromatic carbocycles. The summed E-state index contributed by atoms with van der Waals surface area (Å²) in [6.45, 7) is 6.96. The van der Waals surface area contributed by atoms with Crippen molar-refractivity contribution < 1.29 is 9.53 Å². The predicted molar refractivity (Wildman–Crippen MR) is 86.2 cm³/mol. The van der Waals surface area contributed by atoms with Crippen LogP contribution in [0.25, 0.3) is 0 Å². The Morgan fingerprint density at radius 1 is 1.38 bits per heavy atom. The Hall–Kier alpha value is -1.43. The summed E-state index contributed by atoms with van der Waals surface area (Å²) in [5.74, 6) is 0.0206. The van der Waals surface area contributed by atoms with Crippen molar-refractivity contribution in [3.8, 4) is 0 Å². The van der Waals surface area contributed by atoms with E-state index >= 15 is 0 Å². The molecule has 5 heteroatoms. The largest absolute Gasteiger partial charge is 0.383 e. The van der Waals surface area contributed by atoms with E-state index in [4.69, 9.17) is 10.5 Å². The Bertz CT molecular complexity index is 435. The van der Waals surface area contributed by atoms with Crippen LogP contribution in [0, 0.1) is 0 Å². The van der Waals surface area contributed by atoms with Crippen LogP contribution in [0.4, 0.5) is 5.69 Å². The molecule has 0 atom stereocenters. The van der Waals surface area contributed by atoms with Gasteiger partial charge in [0.2, 0.25) is 5.91 Å². The van der Waals surface area contributed by atoms with Gasteiger partial charge in [0.25, 0.3) is 0 Å². The first-order valence-corrected chi connectivity index (χ1v) is 7.38. The second-order valence-corrected chi connectivity index (χ2v) is 5.33. The van der Waals surface area contributed by atoms with E-state index in [-0.39, 0.29) is 5.91 Å². The lowest BCUT2D eigenvalue weighted by Gasteiger charge is -2.25. The number of methoxy groups -OCH3 is 1. The van der Waals surface area contributed by atoms with E-state index in [9.17, 15) is 4.79 Å². The summed E-state index contributed by atoms with van der Waals surface area (Å²) < 4.78 is 5.10. The van der Waals surface area contributed by atoms with E-state index in [1.807, 2.05) is 24.3 Å². The number of benzene rings is 1. The first-order chi connectivity index (χ1) is 10.1. The highest BCUT2D eigenvalue weighted by Crippen LogP contribution is 2.10. The molecule has 0 saturated carbocycles. The highest BCUT2D eigenvalue weighted by atomic mass is 16.5. The summed E-state index contributed by atoms with van der Waals surface area (Å²) in [5, 5.41) is 2.91. The average molecular weight is 293 g/mol. The highest BCUT2D eigenvalue weighted by molar-refractivity contribution is 5.90. The van der Waals surface area contributed by atoms with Crippen molar-refractivity contribution in [1.29, 1.82) is 0 Å². The van der Waals surface area contributed by atoms with Crippen LogP contribution in [0.2, 0.25) is 0 Å². The quantitative estimate of drug-likeness (QED) is 0.729. The lowest BCUT2D eigenvalue weighted by Crippen LogP contribution is -2.36. The summed E-state index contributed by atoms with van der Waals surface area (Å²) in [7, 11) is 1.69. The number of rotatable bonds is 9. The Morgan fingerprint density at radius 2 is 2.14 bits per heavy atom. The van der Waals surface area contributed by atoms with Gasteiger partial charge in [-0.3, -0.25) is 9.69 Å². The van der Waals surface area contributed by atoms with E-state index in [0.29, 0.717) is 25.6 Å². The van der Waals surface area contributed by atoms with Gasteiger partial charge in [0.15, 0.2) is 0 Å². The number of carbonyl (C=O) groups excluding carboxylic acids is 1. The third-order valence-corrected chi connectivity index (χ3v) is 3.39. The molecule has 0 bridgehead atoms. The van der Waals surface area contributed by atoms with Crippen molar-refractivity contribution in [2.75, 3.05) is 32.1 Å². The van der Waals surface area contributed by atoms with Gasteiger partial charge in [0.1, 0.15) is 0 Å². The first kappa shape index (κ1) is 17.6. The Morgan fingerprint density at radius 3 is 2.76 bits per heavy atom. The van der Waals surface area contributed by atoms with Crippen LogP contribution in [-0.2, 0) is 16.1 Å². The zero-order chi connectivity index (χ0) is 15.7. The minimum Gasteiger partial charge on any atom is -0.383 e. The number of hydrogen-bond acceptors (Lipinski definition) is 4. The molecule has 1 aromatic rings. The van der Waals surface area contributed by atoms with Gasteiger partial charge in [-0.1, -0.05) is 12.1 Å². The number of nitrogens with zero attached hydrogens (tertiary/aromatic N) is 1. The van der Waals surface area contributed by atoms with E-state index < -0.39 is 0 Å². The van der Waals surface area contributed by atoms with Crippen molar-refractivity contribution in [2.45, 2.75) is 32.9 Å². The lowest BCUT2D eigenvalue weighted by molar-refractivity contribution is -0.116. The number of hydrogen-bond donors (Lipinski definition) is 2. The maximum Gasteiger partial charge on any atom is 0.225 e. The number of anilines is 1. The molecule has 1 amide bonds. The summed E-state index contributed by atoms with van der Waals surface area (Å²) >= 11 is 0. The first-order valence-electron chi connectivity index (χ1n) is 7.38. The molecule has 0 aliphatic heterocycles. The van der Waals surface area contributed by atoms with Gasteiger partial charge in [-0.05, 0) is 31.5 Å². The molecule has 0 fully saturated rings. The van der Waals surface area contributed by atoms with Crippen LogP contribution in [-0.4, -0.2) is 43.7 Å². The Labute approximate surface area is 127 Å². The monoisotopic (exact) mass is 293 g/mol. The Balaban J connectivity index is 2.44. The molecule has 0 saturated heterocycles. The minimum atomic E-state index is 0.0206. The van der Waals surface area contributed by atoms with Crippen molar-refractivity contribution in [1.82, 2.24) is 4.90 Å². The summed E-state index contributed by atoms with van der Waals surface area (Å²) in [5.41, 5.74) is 7.41. The van der Waals surface area contributed by atoms with Gasteiger partial charge in [0, 0.05) is 44.9 Å². The maximum absolute atomic E-state index is 12.0. The smallest absolute Gasteiger partial charge is 0.225 e. The highest BCUT2D eigenvalue weighted by Gasteiger charge is 2.11. The van der Waals surface area contributed by atoms with Gasteiger partial charge in [-0.2, -0.15) is 0 Å².